The van der Waals surface area contributed by atoms with Gasteiger partial charge >= 0.3 is 0 Å². The summed E-state index contributed by atoms with van der Waals surface area (Å²) in [6, 6.07) is 15.1. The standard InChI is InChI=1S/C22H23FN4O/c1-16-13-17(7-9-20(16)23)8-10-22(28)26-12-11-19(14-26)27-15-21(24-25-27)18-5-3-2-4-6-18/h2-7,9,13,15,19H,8,10-12,14H2,1H3. The second-order valence-electron chi connectivity index (χ2n) is 7.32. The number of nitrogens with zero attached hydrogens (tertiary/aromatic N) is 4. The summed E-state index contributed by atoms with van der Waals surface area (Å²) in [4.78, 5) is 14.5. The molecule has 0 aliphatic carbocycles. The third kappa shape index (κ3) is 3.96. The van der Waals surface area contributed by atoms with Crippen LogP contribution in [-0.2, 0) is 11.2 Å². The predicted molar refractivity (Wildman–Crippen MR) is 105 cm³/mol. The first-order valence-electron chi connectivity index (χ1n) is 9.60. The molecule has 28 heavy (non-hydrogen) atoms. The molecule has 4 rings (SSSR count). The number of rotatable bonds is 5. The van der Waals surface area contributed by atoms with Gasteiger partial charge in [-0.05, 0) is 37.0 Å². The van der Waals surface area contributed by atoms with Gasteiger partial charge in [-0.25, -0.2) is 9.07 Å². The highest BCUT2D eigenvalue weighted by atomic mass is 19.1. The molecule has 0 spiro atoms. The summed E-state index contributed by atoms with van der Waals surface area (Å²) in [7, 11) is 0. The van der Waals surface area contributed by atoms with Crippen molar-refractivity contribution >= 4 is 5.91 Å². The molecule has 5 nitrogen and oxygen atoms in total. The van der Waals surface area contributed by atoms with Gasteiger partial charge in [0.15, 0.2) is 0 Å². The minimum absolute atomic E-state index is 0.132. The van der Waals surface area contributed by atoms with E-state index in [1.54, 1.807) is 13.0 Å². The fourth-order valence-corrected chi connectivity index (χ4v) is 3.65. The molecular weight excluding hydrogens is 355 g/mol. The van der Waals surface area contributed by atoms with E-state index in [2.05, 4.69) is 10.3 Å². The minimum atomic E-state index is -0.208. The SMILES string of the molecule is Cc1cc(CCC(=O)N2CCC(n3cc(-c4ccccc4)nn3)C2)ccc1F. The molecule has 1 aliphatic rings. The largest absolute Gasteiger partial charge is 0.340 e. The predicted octanol–water partition coefficient (Wildman–Crippen LogP) is 3.80. The van der Waals surface area contributed by atoms with Gasteiger partial charge in [-0.3, -0.25) is 4.79 Å². The van der Waals surface area contributed by atoms with Crippen LogP contribution in [0.2, 0.25) is 0 Å². The first-order chi connectivity index (χ1) is 13.6. The van der Waals surface area contributed by atoms with Crippen LogP contribution in [0.3, 0.4) is 0 Å². The highest BCUT2D eigenvalue weighted by Crippen LogP contribution is 2.24. The number of aromatic nitrogens is 3. The van der Waals surface area contributed by atoms with Gasteiger partial charge in [-0.15, -0.1) is 5.10 Å². The van der Waals surface area contributed by atoms with Gasteiger partial charge in [0.1, 0.15) is 11.5 Å². The van der Waals surface area contributed by atoms with Crippen molar-refractivity contribution in [3.63, 3.8) is 0 Å². The molecule has 1 amide bonds. The topological polar surface area (TPSA) is 51.0 Å². The highest BCUT2D eigenvalue weighted by Gasteiger charge is 2.28. The smallest absolute Gasteiger partial charge is 0.222 e. The molecule has 3 aromatic rings. The molecule has 0 radical (unpaired) electrons. The summed E-state index contributed by atoms with van der Waals surface area (Å²) in [6.45, 7) is 3.12. The summed E-state index contributed by atoms with van der Waals surface area (Å²) in [5.41, 5.74) is 3.49. The molecule has 2 heterocycles. The monoisotopic (exact) mass is 378 g/mol. The van der Waals surface area contributed by atoms with E-state index in [9.17, 15) is 9.18 Å². The number of hydrogen-bond acceptors (Lipinski definition) is 3. The summed E-state index contributed by atoms with van der Waals surface area (Å²) in [6.07, 6.45) is 3.89. The molecule has 1 unspecified atom stereocenters. The molecular formula is C22H23FN4O. The molecule has 2 aromatic carbocycles. The van der Waals surface area contributed by atoms with E-state index in [1.165, 1.54) is 6.07 Å². The van der Waals surface area contributed by atoms with Crippen LogP contribution < -0.4 is 0 Å². The first kappa shape index (κ1) is 18.3. The maximum Gasteiger partial charge on any atom is 0.222 e. The Morgan fingerprint density at radius 2 is 2.04 bits per heavy atom. The number of benzene rings is 2. The molecule has 1 saturated heterocycles. The van der Waals surface area contributed by atoms with Gasteiger partial charge in [-0.1, -0.05) is 47.7 Å². The van der Waals surface area contributed by atoms with Gasteiger partial charge in [0.05, 0.1) is 12.2 Å². The lowest BCUT2D eigenvalue weighted by Gasteiger charge is -2.16. The molecule has 0 saturated carbocycles. The van der Waals surface area contributed by atoms with Gasteiger partial charge in [-0.2, -0.15) is 0 Å². The second kappa shape index (κ2) is 7.92. The van der Waals surface area contributed by atoms with Gasteiger partial charge in [0.2, 0.25) is 5.91 Å². The van der Waals surface area contributed by atoms with Crippen molar-refractivity contribution in [2.75, 3.05) is 13.1 Å². The Kier molecular flexibility index (Phi) is 5.19. The van der Waals surface area contributed by atoms with E-state index >= 15 is 0 Å². The van der Waals surface area contributed by atoms with Crippen molar-refractivity contribution in [3.8, 4) is 11.3 Å². The quantitative estimate of drug-likeness (QED) is 0.679. The lowest BCUT2D eigenvalue weighted by molar-refractivity contribution is -0.130. The minimum Gasteiger partial charge on any atom is -0.340 e. The fraction of sp³-hybridized carbons (Fsp3) is 0.318. The molecule has 1 aliphatic heterocycles. The number of carbonyl (C=O) groups is 1. The Bertz CT molecular complexity index is 970. The number of hydrogen-bond donors (Lipinski definition) is 0. The average Bonchev–Trinajstić information content (AvgIpc) is 3.39. The molecule has 1 atom stereocenters. The number of likely N-dealkylation sites (tertiary alicyclic amines) is 1. The van der Waals surface area contributed by atoms with Gasteiger partial charge in [0.25, 0.3) is 0 Å². The first-order valence-corrected chi connectivity index (χ1v) is 9.60. The van der Waals surface area contributed by atoms with Crippen molar-refractivity contribution in [1.29, 1.82) is 0 Å². The number of carbonyl (C=O) groups excluding carboxylic acids is 1. The lowest BCUT2D eigenvalue weighted by Crippen LogP contribution is -2.29. The van der Waals surface area contributed by atoms with Crippen molar-refractivity contribution in [2.45, 2.75) is 32.2 Å². The van der Waals surface area contributed by atoms with Gasteiger partial charge < -0.3 is 4.90 Å². The zero-order valence-corrected chi connectivity index (χ0v) is 15.9. The van der Waals surface area contributed by atoms with Crippen LogP contribution in [0.5, 0.6) is 0 Å². The third-order valence-electron chi connectivity index (χ3n) is 5.32. The lowest BCUT2D eigenvalue weighted by atomic mass is 10.1. The average molecular weight is 378 g/mol. The van der Waals surface area contributed by atoms with Crippen molar-refractivity contribution in [1.82, 2.24) is 19.9 Å². The van der Waals surface area contributed by atoms with Crippen molar-refractivity contribution in [2.24, 2.45) is 0 Å². The third-order valence-corrected chi connectivity index (χ3v) is 5.32. The summed E-state index contributed by atoms with van der Waals surface area (Å²) < 4.78 is 15.2. The highest BCUT2D eigenvalue weighted by molar-refractivity contribution is 5.76. The molecule has 6 heteroatoms. The van der Waals surface area contributed by atoms with Crippen LogP contribution in [0.1, 0.15) is 30.0 Å². The van der Waals surface area contributed by atoms with Crippen LogP contribution >= 0.6 is 0 Å². The van der Waals surface area contributed by atoms with Crippen molar-refractivity contribution < 1.29 is 9.18 Å². The van der Waals surface area contributed by atoms with Crippen molar-refractivity contribution in [3.05, 3.63) is 71.7 Å². The normalized spacial score (nSPS) is 16.5. The molecule has 0 N–H and O–H groups in total. The zero-order valence-electron chi connectivity index (χ0n) is 15.9. The molecule has 0 bridgehead atoms. The Hall–Kier alpha value is -3.02. The van der Waals surface area contributed by atoms with E-state index in [0.717, 1.165) is 29.8 Å². The van der Waals surface area contributed by atoms with Crippen LogP contribution in [-0.4, -0.2) is 38.9 Å². The maximum absolute atomic E-state index is 13.4. The van der Waals surface area contributed by atoms with E-state index in [0.29, 0.717) is 24.9 Å². The second-order valence-corrected chi connectivity index (χ2v) is 7.32. The Labute approximate surface area is 163 Å². The van der Waals surface area contributed by atoms with Gasteiger partial charge in [0, 0.05) is 25.1 Å². The van der Waals surface area contributed by atoms with E-state index in [-0.39, 0.29) is 17.8 Å². The summed E-state index contributed by atoms with van der Waals surface area (Å²) >= 11 is 0. The van der Waals surface area contributed by atoms with E-state index in [4.69, 9.17) is 0 Å². The van der Waals surface area contributed by atoms with Crippen LogP contribution in [0, 0.1) is 12.7 Å². The Morgan fingerprint density at radius 3 is 2.82 bits per heavy atom. The van der Waals surface area contributed by atoms with E-state index < -0.39 is 0 Å². The number of amides is 1. The molecule has 1 aromatic heterocycles. The van der Waals surface area contributed by atoms with Crippen LogP contribution in [0.25, 0.3) is 11.3 Å². The summed E-state index contributed by atoms with van der Waals surface area (Å²) in [5.74, 6) is -0.0759. The zero-order chi connectivity index (χ0) is 19.5. The Balaban J connectivity index is 1.34. The van der Waals surface area contributed by atoms with E-state index in [1.807, 2.05) is 52.2 Å². The fourth-order valence-electron chi connectivity index (χ4n) is 3.65. The number of aryl methyl sites for hydroxylation is 2. The molecule has 144 valence electrons. The molecule has 1 fully saturated rings. The van der Waals surface area contributed by atoms with Crippen LogP contribution in [0.4, 0.5) is 4.39 Å². The maximum atomic E-state index is 13.4. The number of halogens is 1. The Morgan fingerprint density at radius 1 is 1.21 bits per heavy atom. The summed E-state index contributed by atoms with van der Waals surface area (Å²) in [5, 5.41) is 8.54. The van der Waals surface area contributed by atoms with Crippen LogP contribution in [0.15, 0.2) is 54.7 Å².